The number of para-hydroxylation sites is 4. The Morgan fingerprint density at radius 2 is 1.05 bits per heavy atom. The molecule has 0 unspecified atom stereocenters. The first kappa shape index (κ1) is 41.6. The molecule has 0 spiro atoms. The quantitative estimate of drug-likeness (QED) is 0.104. The van der Waals surface area contributed by atoms with Gasteiger partial charge in [-0.25, -0.2) is 32.5 Å². The van der Waals surface area contributed by atoms with Gasteiger partial charge < -0.3 is 29.1 Å². The highest BCUT2D eigenvalue weighted by Crippen LogP contribution is 2.32. The molecule has 0 N–H and O–H groups in total. The molecule has 6 aromatic rings. The normalized spacial score (nSPS) is 16.7. The zero-order valence-corrected chi connectivity index (χ0v) is 34.2. The predicted octanol–water partition coefficient (Wildman–Crippen LogP) is 7.00. The minimum Gasteiger partial charge on any atom is -0.378 e. The summed E-state index contributed by atoms with van der Waals surface area (Å²) in [5, 5.41) is 0.185. The Balaban J connectivity index is 0.000000176. The second-order valence-corrected chi connectivity index (χ2v) is 15.5. The van der Waals surface area contributed by atoms with Crippen LogP contribution in [0.4, 0.5) is 35.0 Å². The third-order valence-corrected chi connectivity index (χ3v) is 11.1. The molecule has 19 heteroatoms. The van der Waals surface area contributed by atoms with Crippen molar-refractivity contribution in [2.24, 2.45) is 5.92 Å². The van der Waals surface area contributed by atoms with Crippen molar-refractivity contribution in [2.75, 3.05) is 101 Å². The standard InChI is InChI=1S/C25H33F2N7O.C16H14ClF2N5O/c1-31(2)10-7-18-8-11-32(12-9-18)21-17-22(33-13-15-35-16-14-33)30-25(29-21)34-20-6-4-3-5-19(20)28-24(34)23(26)27;17-12-9-13(23-5-7-25-8-6-23)22-16(21-12)24-11-4-2-1-3-10(11)20-15(24)14(18)19/h3-6,17-18,23H,7-16H2,1-2H3;1-4,9,14H,5-8H2. The number of anilines is 3. The van der Waals surface area contributed by atoms with Crippen LogP contribution in [0, 0.1) is 5.92 Å². The second-order valence-electron chi connectivity index (χ2n) is 15.1. The van der Waals surface area contributed by atoms with Crippen LogP contribution in [0.3, 0.4) is 0 Å². The average Bonchev–Trinajstić information content (AvgIpc) is 3.87. The van der Waals surface area contributed by atoms with Gasteiger partial charge in [-0.1, -0.05) is 35.9 Å². The Bertz CT molecular complexity index is 2380. The van der Waals surface area contributed by atoms with Crippen molar-refractivity contribution in [3.63, 3.8) is 0 Å². The van der Waals surface area contributed by atoms with Crippen LogP contribution < -0.4 is 14.7 Å². The number of imidazole rings is 2. The summed E-state index contributed by atoms with van der Waals surface area (Å²) >= 11 is 6.14. The predicted molar refractivity (Wildman–Crippen MR) is 222 cm³/mol. The van der Waals surface area contributed by atoms with E-state index in [2.05, 4.69) is 48.7 Å². The number of alkyl halides is 4. The number of hydrogen-bond donors (Lipinski definition) is 0. The molecular formula is C41H47ClF4N12O2. The highest BCUT2D eigenvalue weighted by Gasteiger charge is 2.27. The fraction of sp³-hybridized carbons (Fsp3) is 0.463. The fourth-order valence-electron chi connectivity index (χ4n) is 7.77. The number of halogens is 5. The summed E-state index contributed by atoms with van der Waals surface area (Å²) in [7, 11) is 4.22. The fourth-order valence-corrected chi connectivity index (χ4v) is 7.94. The van der Waals surface area contributed by atoms with Gasteiger partial charge in [-0.15, -0.1) is 0 Å². The van der Waals surface area contributed by atoms with E-state index in [4.69, 9.17) is 31.0 Å². The van der Waals surface area contributed by atoms with Crippen molar-refractivity contribution >= 4 is 51.1 Å². The lowest BCUT2D eigenvalue weighted by Crippen LogP contribution is -2.38. The van der Waals surface area contributed by atoms with Gasteiger partial charge in [-0.3, -0.25) is 9.13 Å². The van der Waals surface area contributed by atoms with Gasteiger partial charge in [-0.2, -0.15) is 15.0 Å². The van der Waals surface area contributed by atoms with Crippen LogP contribution in [-0.4, -0.2) is 130 Å². The van der Waals surface area contributed by atoms with Crippen molar-refractivity contribution in [1.29, 1.82) is 0 Å². The molecule has 9 rings (SSSR count). The van der Waals surface area contributed by atoms with Gasteiger partial charge in [0.05, 0.1) is 48.5 Å². The molecule has 0 aliphatic carbocycles. The van der Waals surface area contributed by atoms with E-state index < -0.39 is 18.7 Å². The van der Waals surface area contributed by atoms with Crippen molar-refractivity contribution in [1.82, 2.24) is 43.9 Å². The molecule has 7 heterocycles. The first-order valence-corrected chi connectivity index (χ1v) is 20.5. The number of ether oxygens (including phenoxy) is 2. The van der Waals surface area contributed by atoms with Crippen LogP contribution in [0.15, 0.2) is 60.7 Å². The molecule has 0 bridgehead atoms. The number of nitrogens with zero attached hydrogens (tertiary/aromatic N) is 12. The van der Waals surface area contributed by atoms with Crippen molar-refractivity contribution < 1.29 is 27.0 Å². The second kappa shape index (κ2) is 18.6. The van der Waals surface area contributed by atoms with Gasteiger partial charge in [-0.05, 0) is 70.1 Å². The van der Waals surface area contributed by atoms with Gasteiger partial charge in [0.15, 0.2) is 11.6 Å². The maximum absolute atomic E-state index is 14.1. The Kier molecular flexibility index (Phi) is 12.9. The number of hydrogen-bond acceptors (Lipinski definition) is 12. The van der Waals surface area contributed by atoms with Crippen LogP contribution in [-0.2, 0) is 9.47 Å². The number of aromatic nitrogens is 8. The number of morpholine rings is 2. The van der Waals surface area contributed by atoms with Gasteiger partial charge >= 0.3 is 0 Å². The zero-order chi connectivity index (χ0) is 41.8. The Hall–Kier alpha value is -5.17. The van der Waals surface area contributed by atoms with Gasteiger partial charge in [0.2, 0.25) is 11.9 Å². The van der Waals surface area contributed by atoms with E-state index in [1.54, 1.807) is 48.5 Å². The van der Waals surface area contributed by atoms with Crippen LogP contribution >= 0.6 is 11.6 Å². The van der Waals surface area contributed by atoms with Crippen molar-refractivity contribution in [2.45, 2.75) is 32.1 Å². The molecule has 0 radical (unpaired) electrons. The first-order valence-electron chi connectivity index (χ1n) is 20.1. The van der Waals surface area contributed by atoms with E-state index in [1.807, 2.05) is 17.0 Å². The lowest BCUT2D eigenvalue weighted by atomic mass is 9.93. The lowest BCUT2D eigenvalue weighted by Gasteiger charge is -2.34. The largest absolute Gasteiger partial charge is 0.378 e. The van der Waals surface area contributed by atoms with E-state index in [1.165, 1.54) is 15.6 Å². The van der Waals surface area contributed by atoms with E-state index in [9.17, 15) is 17.6 Å². The van der Waals surface area contributed by atoms with E-state index >= 15 is 0 Å². The van der Waals surface area contributed by atoms with Gasteiger partial charge in [0.25, 0.3) is 12.9 Å². The number of rotatable bonds is 10. The smallest absolute Gasteiger partial charge is 0.296 e. The minimum absolute atomic E-state index is 0.0815. The topological polar surface area (TPSA) is 119 Å². The number of piperidine rings is 1. The zero-order valence-electron chi connectivity index (χ0n) is 33.5. The highest BCUT2D eigenvalue weighted by molar-refractivity contribution is 6.29. The summed E-state index contributed by atoms with van der Waals surface area (Å²) in [6.07, 6.45) is -2.13. The summed E-state index contributed by atoms with van der Waals surface area (Å²) in [5.41, 5.74) is 2.05. The first-order chi connectivity index (χ1) is 29.1. The number of fused-ring (bicyclic) bond motifs is 2. The summed E-state index contributed by atoms with van der Waals surface area (Å²) in [6.45, 7) is 7.97. The molecule has 3 saturated heterocycles. The Morgan fingerprint density at radius 3 is 1.52 bits per heavy atom. The lowest BCUT2D eigenvalue weighted by molar-refractivity contribution is 0.122. The molecule has 3 aliphatic rings. The summed E-state index contributed by atoms with van der Waals surface area (Å²) in [6, 6.07) is 17.6. The molecule has 0 amide bonds. The molecule has 2 aromatic carbocycles. The molecule has 3 aliphatic heterocycles. The average molecular weight is 851 g/mol. The van der Waals surface area contributed by atoms with Gasteiger partial charge in [0, 0.05) is 51.4 Å². The molecule has 0 atom stereocenters. The van der Waals surface area contributed by atoms with Gasteiger partial charge in [0.1, 0.15) is 22.6 Å². The van der Waals surface area contributed by atoms with Crippen molar-refractivity contribution in [3.05, 3.63) is 77.5 Å². The van der Waals surface area contributed by atoms with E-state index in [0.717, 1.165) is 44.1 Å². The van der Waals surface area contributed by atoms with Crippen LogP contribution in [0.1, 0.15) is 43.8 Å². The molecule has 3 fully saturated rings. The molecule has 318 valence electrons. The maximum Gasteiger partial charge on any atom is 0.296 e. The summed E-state index contributed by atoms with van der Waals surface area (Å²) in [5.74, 6) is 2.37. The highest BCUT2D eigenvalue weighted by atomic mass is 35.5. The van der Waals surface area contributed by atoms with Crippen LogP contribution in [0.5, 0.6) is 0 Å². The van der Waals surface area contributed by atoms with Crippen molar-refractivity contribution in [3.8, 4) is 11.9 Å². The SMILES string of the molecule is CN(C)CCC1CCN(c2cc(N3CCOCC3)nc(-n3c(C(F)F)nc4ccccc43)n2)CC1.FC(F)c1nc2ccccc2n1-c1nc(Cl)cc(N2CCOCC2)n1. The third kappa shape index (κ3) is 9.26. The summed E-state index contributed by atoms with van der Waals surface area (Å²) < 4.78 is 68.6. The third-order valence-electron chi connectivity index (χ3n) is 10.9. The Morgan fingerprint density at radius 1 is 0.617 bits per heavy atom. The molecule has 60 heavy (non-hydrogen) atoms. The monoisotopic (exact) mass is 850 g/mol. The maximum atomic E-state index is 14.1. The minimum atomic E-state index is -2.76. The number of benzene rings is 2. The molecular weight excluding hydrogens is 804 g/mol. The molecule has 0 saturated carbocycles. The molecule has 14 nitrogen and oxygen atoms in total. The molecule has 4 aromatic heterocycles. The van der Waals surface area contributed by atoms with Crippen LogP contribution in [0.2, 0.25) is 5.15 Å². The van der Waals surface area contributed by atoms with E-state index in [0.29, 0.717) is 86.4 Å². The van der Waals surface area contributed by atoms with Crippen LogP contribution in [0.25, 0.3) is 34.0 Å². The van der Waals surface area contributed by atoms with E-state index in [-0.39, 0.29) is 22.9 Å². The summed E-state index contributed by atoms with van der Waals surface area (Å²) in [4.78, 5) is 35.0. The Labute approximate surface area is 349 Å².